The Morgan fingerprint density at radius 2 is 1.89 bits per heavy atom. The fraction of sp³-hybridized carbons (Fsp3) is 0.0667. The number of benzene rings is 2. The van der Waals surface area contributed by atoms with E-state index in [1.54, 1.807) is 36.4 Å². The molecule has 0 saturated carbocycles. The third kappa shape index (κ3) is 2.62. The molecule has 0 radical (unpaired) electrons. The van der Waals surface area contributed by atoms with Crippen LogP contribution in [0.4, 0.5) is 0 Å². The molecule has 0 unspecified atom stereocenters. The van der Waals surface area contributed by atoms with E-state index in [4.69, 9.17) is 15.5 Å². The molecule has 0 bridgehead atoms. The summed E-state index contributed by atoms with van der Waals surface area (Å²) in [5, 5.41) is 27.1. The van der Waals surface area contributed by atoms with Crippen molar-refractivity contribution in [1.29, 1.82) is 5.26 Å². The van der Waals surface area contributed by atoms with Crippen molar-refractivity contribution in [3.8, 4) is 17.2 Å². The van der Waals surface area contributed by atoms with Gasteiger partial charge < -0.3 is 10.2 Å². The molecule has 94 valence electrons. The zero-order valence-electron chi connectivity index (χ0n) is 10.00. The highest BCUT2D eigenvalue weighted by Gasteiger charge is 2.11. The van der Waals surface area contributed by atoms with E-state index in [1.807, 2.05) is 6.07 Å². The Balaban J connectivity index is 2.54. The highest BCUT2D eigenvalue weighted by Crippen LogP contribution is 2.23. The molecule has 0 aliphatic heterocycles. The zero-order valence-corrected chi connectivity index (χ0v) is 10.00. The average Bonchev–Trinajstić information content (AvgIpc) is 2.46. The molecule has 19 heavy (non-hydrogen) atoms. The molecule has 2 N–H and O–H groups in total. The summed E-state index contributed by atoms with van der Waals surface area (Å²) in [5.41, 5.74) is 2.42. The van der Waals surface area contributed by atoms with Gasteiger partial charge in [-0.3, -0.25) is 0 Å². The Morgan fingerprint density at radius 1 is 1.16 bits per heavy atom. The van der Waals surface area contributed by atoms with Gasteiger partial charge in [0.05, 0.1) is 23.8 Å². The van der Waals surface area contributed by atoms with Crippen LogP contribution in [0.2, 0.25) is 0 Å². The number of aromatic carboxylic acids is 1. The van der Waals surface area contributed by atoms with Crippen molar-refractivity contribution in [1.82, 2.24) is 0 Å². The van der Waals surface area contributed by atoms with E-state index >= 15 is 0 Å². The van der Waals surface area contributed by atoms with E-state index in [0.29, 0.717) is 16.7 Å². The van der Waals surface area contributed by atoms with Crippen LogP contribution in [0.15, 0.2) is 42.5 Å². The van der Waals surface area contributed by atoms with Gasteiger partial charge in [0.1, 0.15) is 0 Å². The first kappa shape index (κ1) is 12.8. The van der Waals surface area contributed by atoms with Crippen LogP contribution in [-0.2, 0) is 6.61 Å². The number of hydrogen-bond acceptors (Lipinski definition) is 3. The molecule has 0 amide bonds. The molecular formula is C15H11NO3. The smallest absolute Gasteiger partial charge is 0.336 e. The number of nitriles is 1. The van der Waals surface area contributed by atoms with Gasteiger partial charge in [0, 0.05) is 0 Å². The second-order valence-electron chi connectivity index (χ2n) is 4.03. The van der Waals surface area contributed by atoms with E-state index in [1.165, 1.54) is 6.07 Å². The summed E-state index contributed by atoms with van der Waals surface area (Å²) < 4.78 is 0. The van der Waals surface area contributed by atoms with E-state index in [-0.39, 0.29) is 12.2 Å². The molecule has 2 aromatic carbocycles. The van der Waals surface area contributed by atoms with Gasteiger partial charge in [0.25, 0.3) is 0 Å². The van der Waals surface area contributed by atoms with Crippen molar-refractivity contribution in [2.24, 2.45) is 0 Å². The molecule has 4 nitrogen and oxygen atoms in total. The van der Waals surface area contributed by atoms with E-state index in [0.717, 1.165) is 5.56 Å². The molecule has 0 heterocycles. The molecular weight excluding hydrogens is 242 g/mol. The van der Waals surface area contributed by atoms with Crippen LogP contribution >= 0.6 is 0 Å². The number of hydrogen-bond donors (Lipinski definition) is 2. The maximum Gasteiger partial charge on any atom is 0.336 e. The van der Waals surface area contributed by atoms with E-state index < -0.39 is 5.97 Å². The third-order valence-corrected chi connectivity index (χ3v) is 2.84. The number of carboxylic acid groups (broad SMARTS) is 1. The van der Waals surface area contributed by atoms with Crippen molar-refractivity contribution in [2.45, 2.75) is 6.61 Å². The van der Waals surface area contributed by atoms with Crippen LogP contribution in [0.25, 0.3) is 11.1 Å². The normalized spacial score (nSPS) is 9.89. The molecule has 4 heteroatoms. The Hall–Kier alpha value is -2.64. The standard InChI is InChI=1S/C15H11NO3/c16-8-10-2-1-3-11(6-10)12-4-5-13(9-17)14(7-12)15(18)19/h1-7,17H,9H2,(H,18,19). The molecule has 0 atom stereocenters. The number of aliphatic hydroxyl groups excluding tert-OH is 1. The fourth-order valence-corrected chi connectivity index (χ4v) is 1.86. The summed E-state index contributed by atoms with van der Waals surface area (Å²) >= 11 is 0. The van der Waals surface area contributed by atoms with Gasteiger partial charge in [0.15, 0.2) is 0 Å². The Bertz CT molecular complexity index is 671. The Morgan fingerprint density at radius 3 is 2.53 bits per heavy atom. The lowest BCUT2D eigenvalue weighted by atomic mass is 9.98. The maximum absolute atomic E-state index is 11.1. The Kier molecular flexibility index (Phi) is 3.60. The summed E-state index contributed by atoms with van der Waals surface area (Å²) in [6.07, 6.45) is 0. The van der Waals surface area contributed by atoms with Gasteiger partial charge in [-0.1, -0.05) is 24.3 Å². The van der Waals surface area contributed by atoms with Crippen molar-refractivity contribution in [2.75, 3.05) is 0 Å². The first-order chi connectivity index (χ1) is 9.15. The first-order valence-corrected chi connectivity index (χ1v) is 5.63. The van der Waals surface area contributed by atoms with Crippen molar-refractivity contribution >= 4 is 5.97 Å². The predicted molar refractivity (Wildman–Crippen MR) is 69.5 cm³/mol. The highest BCUT2D eigenvalue weighted by molar-refractivity contribution is 5.91. The highest BCUT2D eigenvalue weighted by atomic mass is 16.4. The monoisotopic (exact) mass is 253 g/mol. The first-order valence-electron chi connectivity index (χ1n) is 5.63. The largest absolute Gasteiger partial charge is 0.478 e. The molecule has 0 aliphatic rings. The molecule has 0 fully saturated rings. The summed E-state index contributed by atoms with van der Waals surface area (Å²) in [7, 11) is 0. The van der Waals surface area contributed by atoms with Crippen LogP contribution < -0.4 is 0 Å². The zero-order chi connectivity index (χ0) is 13.8. The van der Waals surface area contributed by atoms with Gasteiger partial charge >= 0.3 is 5.97 Å². The predicted octanol–water partition coefficient (Wildman–Crippen LogP) is 2.42. The van der Waals surface area contributed by atoms with Crippen LogP contribution in [0, 0.1) is 11.3 Å². The van der Waals surface area contributed by atoms with Crippen molar-refractivity contribution in [3.05, 3.63) is 59.2 Å². The lowest BCUT2D eigenvalue weighted by Crippen LogP contribution is -2.02. The summed E-state index contributed by atoms with van der Waals surface area (Å²) in [4.78, 5) is 11.1. The molecule has 0 spiro atoms. The second kappa shape index (κ2) is 5.34. The minimum absolute atomic E-state index is 0.0716. The van der Waals surface area contributed by atoms with Crippen LogP contribution in [0.3, 0.4) is 0 Å². The lowest BCUT2D eigenvalue weighted by molar-refractivity contribution is 0.0693. The second-order valence-corrected chi connectivity index (χ2v) is 4.03. The van der Waals surface area contributed by atoms with Gasteiger partial charge in [-0.05, 0) is 34.9 Å². The van der Waals surface area contributed by atoms with Crippen LogP contribution in [0.1, 0.15) is 21.5 Å². The van der Waals surface area contributed by atoms with Gasteiger partial charge in [-0.15, -0.1) is 0 Å². The quantitative estimate of drug-likeness (QED) is 0.880. The number of carbonyl (C=O) groups is 1. The van der Waals surface area contributed by atoms with E-state index in [9.17, 15) is 4.79 Å². The number of aliphatic hydroxyl groups is 1. The summed E-state index contributed by atoms with van der Waals surface area (Å²) in [6, 6.07) is 13.8. The summed E-state index contributed by atoms with van der Waals surface area (Å²) in [6.45, 7) is -0.319. The van der Waals surface area contributed by atoms with Gasteiger partial charge in [-0.2, -0.15) is 5.26 Å². The molecule has 2 aromatic rings. The average molecular weight is 253 g/mol. The lowest BCUT2D eigenvalue weighted by Gasteiger charge is -2.07. The Labute approximate surface area is 110 Å². The number of rotatable bonds is 3. The fourth-order valence-electron chi connectivity index (χ4n) is 1.86. The minimum atomic E-state index is -1.08. The van der Waals surface area contributed by atoms with Crippen LogP contribution in [0.5, 0.6) is 0 Å². The minimum Gasteiger partial charge on any atom is -0.478 e. The molecule has 2 rings (SSSR count). The van der Waals surface area contributed by atoms with Crippen molar-refractivity contribution < 1.29 is 15.0 Å². The maximum atomic E-state index is 11.1. The number of carboxylic acids is 1. The number of nitrogens with zero attached hydrogens (tertiary/aromatic N) is 1. The topological polar surface area (TPSA) is 81.3 Å². The molecule has 0 aliphatic carbocycles. The summed E-state index contributed by atoms with van der Waals surface area (Å²) in [5.74, 6) is -1.08. The van der Waals surface area contributed by atoms with Gasteiger partial charge in [0.2, 0.25) is 0 Å². The molecule has 0 aromatic heterocycles. The molecule has 0 saturated heterocycles. The van der Waals surface area contributed by atoms with E-state index in [2.05, 4.69) is 0 Å². The SMILES string of the molecule is N#Cc1cccc(-c2ccc(CO)c(C(=O)O)c2)c1. The van der Waals surface area contributed by atoms with Crippen LogP contribution in [-0.4, -0.2) is 16.2 Å². The third-order valence-electron chi connectivity index (χ3n) is 2.84. The van der Waals surface area contributed by atoms with Gasteiger partial charge in [-0.25, -0.2) is 4.79 Å². The van der Waals surface area contributed by atoms with Crippen molar-refractivity contribution in [3.63, 3.8) is 0 Å².